The number of carbonyl (C=O) groups is 2. The van der Waals surface area contributed by atoms with Crippen LogP contribution >= 0.6 is 0 Å². The van der Waals surface area contributed by atoms with Gasteiger partial charge >= 0.3 is 12.1 Å². The molecule has 1 saturated heterocycles. The summed E-state index contributed by atoms with van der Waals surface area (Å²) in [6, 6.07) is 3.25. The molecule has 1 aromatic carbocycles. The van der Waals surface area contributed by atoms with E-state index in [1.165, 1.54) is 6.07 Å². The minimum atomic E-state index is -4.45. The van der Waals surface area contributed by atoms with Crippen molar-refractivity contribution < 1.29 is 32.2 Å². The number of anilines is 1. The molecule has 3 aliphatic rings. The molecule has 0 bridgehead atoms. The van der Waals surface area contributed by atoms with Crippen molar-refractivity contribution in [2.45, 2.75) is 89.4 Å². The second-order valence-electron chi connectivity index (χ2n) is 10.6. The van der Waals surface area contributed by atoms with E-state index in [9.17, 15) is 22.8 Å². The average Bonchev–Trinajstić information content (AvgIpc) is 3.49. The molecule has 2 heterocycles. The fourth-order valence-electron chi connectivity index (χ4n) is 4.24. The fourth-order valence-corrected chi connectivity index (χ4v) is 4.24. The molecule has 1 aliphatic carbocycles. The van der Waals surface area contributed by atoms with Crippen LogP contribution in [0.25, 0.3) is 0 Å². The number of fused-ring (bicyclic) bond motifs is 3. The maximum Gasteiger partial charge on any atom is 0.416 e. The summed E-state index contributed by atoms with van der Waals surface area (Å²) < 4.78 is 49.3. The molecule has 1 aromatic rings. The minimum absolute atomic E-state index is 0.290. The van der Waals surface area contributed by atoms with Crippen molar-refractivity contribution in [2.24, 2.45) is 11.7 Å². The fraction of sp³-hybridized carbons (Fsp3) is 0.652. The predicted octanol–water partition coefficient (Wildman–Crippen LogP) is 4.36. The zero-order chi connectivity index (χ0) is 24.3. The Kier molecular flexibility index (Phi) is 5.82. The van der Waals surface area contributed by atoms with Crippen LogP contribution < -0.4 is 10.6 Å². The molecule has 0 spiro atoms. The van der Waals surface area contributed by atoms with E-state index in [0.717, 1.165) is 25.0 Å². The molecule has 6 nitrogen and oxygen atoms in total. The van der Waals surface area contributed by atoms with Crippen LogP contribution in [0, 0.1) is 5.92 Å². The van der Waals surface area contributed by atoms with Crippen LogP contribution in [-0.2, 0) is 25.2 Å². The third kappa shape index (κ3) is 4.72. The van der Waals surface area contributed by atoms with Crippen LogP contribution in [0.4, 0.5) is 18.9 Å². The third-order valence-electron chi connectivity index (χ3n) is 5.66. The lowest BCUT2D eigenvalue weighted by Gasteiger charge is -2.25. The molecule has 178 valence electrons. The largest absolute Gasteiger partial charge is 0.462 e. The highest BCUT2D eigenvalue weighted by molar-refractivity contribution is 5.91. The van der Waals surface area contributed by atoms with Gasteiger partial charge in [-0.3, -0.25) is 9.59 Å². The number of rotatable bonds is 3. The number of nitrogens with two attached hydrogens (primary N) is 1. The zero-order valence-electron chi connectivity index (χ0n) is 19.2. The number of hydrogen-bond donors (Lipinski definition) is 1. The Morgan fingerprint density at radius 2 is 1.72 bits per heavy atom. The van der Waals surface area contributed by atoms with Gasteiger partial charge in [0.2, 0.25) is 0 Å². The highest BCUT2D eigenvalue weighted by Crippen LogP contribution is 2.65. The Hall–Kier alpha value is -2.29. The highest BCUT2D eigenvalue weighted by atomic mass is 19.4. The number of hydrogen-bond acceptors (Lipinski definition) is 6. The van der Waals surface area contributed by atoms with E-state index in [4.69, 9.17) is 10.5 Å². The van der Waals surface area contributed by atoms with Gasteiger partial charge in [-0.2, -0.15) is 13.2 Å². The number of halogens is 3. The minimum Gasteiger partial charge on any atom is -0.462 e. The van der Waals surface area contributed by atoms with Crippen molar-refractivity contribution in [1.82, 2.24) is 0 Å². The van der Waals surface area contributed by atoms with Crippen molar-refractivity contribution >= 4 is 18.1 Å². The molecule has 32 heavy (non-hydrogen) atoms. The van der Waals surface area contributed by atoms with Gasteiger partial charge in [-0.1, -0.05) is 0 Å². The monoisotopic (exact) mass is 456 g/mol. The first-order valence-corrected chi connectivity index (χ1v) is 10.6. The van der Waals surface area contributed by atoms with Gasteiger partial charge in [-0.25, -0.2) is 0 Å². The second kappa shape index (κ2) is 7.64. The van der Waals surface area contributed by atoms with Crippen LogP contribution in [-0.4, -0.2) is 35.3 Å². The molecule has 4 rings (SSSR count). The third-order valence-corrected chi connectivity index (χ3v) is 5.66. The van der Waals surface area contributed by atoms with Gasteiger partial charge in [0.1, 0.15) is 22.8 Å². The van der Waals surface area contributed by atoms with E-state index in [1.807, 2.05) is 25.7 Å². The molecule has 3 atom stereocenters. The van der Waals surface area contributed by atoms with Crippen molar-refractivity contribution in [2.75, 3.05) is 4.90 Å². The number of carbonyl (C=O) groups excluding carboxylic acids is 2. The molecular formula is C23H31F3N2O4. The summed E-state index contributed by atoms with van der Waals surface area (Å²) in [7, 11) is 0. The van der Waals surface area contributed by atoms with Gasteiger partial charge in [0, 0.05) is 5.69 Å². The van der Waals surface area contributed by atoms with Crippen LogP contribution in [0.2, 0.25) is 0 Å². The summed E-state index contributed by atoms with van der Waals surface area (Å²) >= 11 is 0. The first kappa shape index (κ1) is 24.4. The number of esters is 1. The van der Waals surface area contributed by atoms with Crippen LogP contribution in [0.15, 0.2) is 18.2 Å². The summed E-state index contributed by atoms with van der Waals surface area (Å²) in [5.74, 6) is -0.992. The van der Waals surface area contributed by atoms with Gasteiger partial charge in [0.15, 0.2) is 0 Å². The van der Waals surface area contributed by atoms with E-state index in [0.29, 0.717) is 17.7 Å². The maximum absolute atomic E-state index is 13.1. The summed E-state index contributed by atoms with van der Waals surface area (Å²) in [4.78, 5) is 24.3. The quantitative estimate of drug-likeness (QED) is 0.414. The first-order chi connectivity index (χ1) is 14.5. The maximum atomic E-state index is 13.1. The summed E-state index contributed by atoms with van der Waals surface area (Å²) in [5, 5.41) is 0. The number of alkyl halides is 3. The number of ether oxygens (including phenoxy) is 2. The molecule has 0 amide bonds. The second-order valence-corrected chi connectivity index (χ2v) is 10.6. The zero-order valence-corrected chi connectivity index (χ0v) is 19.2. The Bertz CT molecular complexity index is 900. The molecule has 0 aromatic heterocycles. The van der Waals surface area contributed by atoms with E-state index < -0.39 is 34.9 Å². The molecule has 0 radical (unpaired) electrons. The smallest absolute Gasteiger partial charge is 0.416 e. The number of nitrogens with zero attached hydrogens (tertiary/aromatic N) is 1. The van der Waals surface area contributed by atoms with Gasteiger partial charge in [-0.05, 0) is 84.1 Å². The lowest BCUT2D eigenvalue weighted by atomic mass is 9.89. The van der Waals surface area contributed by atoms with E-state index in [-0.39, 0.29) is 17.6 Å². The topological polar surface area (TPSA) is 81.6 Å². The number of benzene rings is 1. The normalized spacial score (nSPS) is 26.4. The van der Waals surface area contributed by atoms with Crippen LogP contribution in [0.3, 0.4) is 0 Å². The lowest BCUT2D eigenvalue weighted by molar-refractivity contribution is -0.157. The Morgan fingerprint density at radius 3 is 2.12 bits per heavy atom. The summed E-state index contributed by atoms with van der Waals surface area (Å²) in [6.07, 6.45) is -2.48. The molecule has 2 aliphatic heterocycles. The Labute approximate surface area is 186 Å². The SMILES string of the molecule is CC(C)(C)OC(=O)C1c2cc(C(F)(F)F)ccc2N2C1C2(N)C1CC1.CC(C)(C)OC=O. The van der Waals surface area contributed by atoms with Crippen molar-refractivity contribution in [1.29, 1.82) is 0 Å². The van der Waals surface area contributed by atoms with Crippen molar-refractivity contribution in [3.8, 4) is 0 Å². The summed E-state index contributed by atoms with van der Waals surface area (Å²) in [5.41, 5.74) is 5.12. The van der Waals surface area contributed by atoms with Crippen LogP contribution in [0.1, 0.15) is 71.4 Å². The van der Waals surface area contributed by atoms with Crippen molar-refractivity contribution in [3.63, 3.8) is 0 Å². The molecule has 9 heteroatoms. The van der Waals surface area contributed by atoms with E-state index >= 15 is 0 Å². The van der Waals surface area contributed by atoms with Gasteiger partial charge in [0.25, 0.3) is 6.47 Å². The van der Waals surface area contributed by atoms with Gasteiger partial charge in [-0.15, -0.1) is 0 Å². The van der Waals surface area contributed by atoms with E-state index in [1.54, 1.807) is 20.8 Å². The standard InChI is InChI=1S/C18H21F3N2O2.C5H10O2/c1-16(2,3)25-15(24)13-11-8-10(18(19,20)21)6-7-12(11)23-14(13)17(23,22)9-4-5-9;1-5(2,3)7-4-6/h6-9,13-14H,4-5,22H2,1-3H3;4H,1-3H3. The Balaban J connectivity index is 0.000000360. The first-order valence-electron chi connectivity index (χ1n) is 10.6. The lowest BCUT2D eigenvalue weighted by Crippen LogP contribution is -2.39. The Morgan fingerprint density at radius 1 is 1.12 bits per heavy atom. The molecule has 2 N–H and O–H groups in total. The molecule has 1 saturated carbocycles. The van der Waals surface area contributed by atoms with Crippen molar-refractivity contribution in [3.05, 3.63) is 29.3 Å². The predicted molar refractivity (Wildman–Crippen MR) is 113 cm³/mol. The molecule has 3 unspecified atom stereocenters. The molecule has 2 fully saturated rings. The highest BCUT2D eigenvalue weighted by Gasteiger charge is 2.74. The van der Waals surface area contributed by atoms with Crippen LogP contribution in [0.5, 0.6) is 0 Å². The molecular weight excluding hydrogens is 425 g/mol. The summed E-state index contributed by atoms with van der Waals surface area (Å²) in [6.45, 7) is 11.2. The van der Waals surface area contributed by atoms with Gasteiger partial charge in [0.05, 0.1) is 11.6 Å². The average molecular weight is 457 g/mol. The van der Waals surface area contributed by atoms with E-state index in [2.05, 4.69) is 4.74 Å². The van der Waals surface area contributed by atoms with Gasteiger partial charge < -0.3 is 20.1 Å².